The quantitative estimate of drug-likeness (QED) is 0.674. The third kappa shape index (κ3) is 2.10. The highest BCUT2D eigenvalue weighted by Crippen LogP contribution is 2.21. The minimum absolute atomic E-state index is 0.000995. The Kier molecular flexibility index (Phi) is 2.72. The highest BCUT2D eigenvalue weighted by molar-refractivity contribution is 5.57. The average Bonchev–Trinajstić information content (AvgIpc) is 2.75. The first-order valence-corrected chi connectivity index (χ1v) is 5.03. The van der Waals surface area contributed by atoms with Crippen LogP contribution < -0.4 is 11.1 Å². The van der Waals surface area contributed by atoms with Gasteiger partial charge in [-0.2, -0.15) is 5.21 Å². The summed E-state index contributed by atoms with van der Waals surface area (Å²) in [6.45, 7) is 3.97. The summed E-state index contributed by atoms with van der Waals surface area (Å²) >= 11 is 0. The zero-order valence-corrected chi connectivity index (χ0v) is 9.23. The second-order valence-corrected chi connectivity index (χ2v) is 3.71. The summed E-state index contributed by atoms with van der Waals surface area (Å²) in [7, 11) is 0. The van der Waals surface area contributed by atoms with Crippen molar-refractivity contribution in [1.82, 2.24) is 20.6 Å². The van der Waals surface area contributed by atoms with Gasteiger partial charge in [0.05, 0.1) is 6.04 Å². The molecule has 1 atom stereocenters. The van der Waals surface area contributed by atoms with Gasteiger partial charge in [-0.1, -0.05) is 5.21 Å². The van der Waals surface area contributed by atoms with Crippen LogP contribution >= 0.6 is 0 Å². The van der Waals surface area contributed by atoms with E-state index in [1.807, 2.05) is 32.0 Å². The van der Waals surface area contributed by atoms with E-state index in [0.717, 1.165) is 16.9 Å². The van der Waals surface area contributed by atoms with E-state index in [1.165, 1.54) is 0 Å². The van der Waals surface area contributed by atoms with Gasteiger partial charge < -0.3 is 11.1 Å². The molecule has 1 aromatic heterocycles. The van der Waals surface area contributed by atoms with Crippen molar-refractivity contribution >= 4 is 11.4 Å². The van der Waals surface area contributed by atoms with Crippen molar-refractivity contribution in [2.45, 2.75) is 19.9 Å². The predicted octanol–water partition coefficient (Wildman–Crippen LogP) is 1.26. The van der Waals surface area contributed by atoms with Gasteiger partial charge in [0.15, 0.2) is 5.82 Å². The summed E-state index contributed by atoms with van der Waals surface area (Å²) in [6.07, 6.45) is 0. The minimum atomic E-state index is 0.000995. The maximum Gasteiger partial charge on any atom is 0.196 e. The summed E-state index contributed by atoms with van der Waals surface area (Å²) in [4.78, 5) is 0. The number of tetrazole rings is 1. The predicted molar refractivity (Wildman–Crippen MR) is 61.8 cm³/mol. The van der Waals surface area contributed by atoms with Crippen LogP contribution in [0.25, 0.3) is 0 Å². The van der Waals surface area contributed by atoms with Crippen molar-refractivity contribution in [3.8, 4) is 0 Å². The third-order valence-electron chi connectivity index (χ3n) is 2.37. The Balaban J connectivity index is 2.15. The number of hydrogen-bond acceptors (Lipinski definition) is 5. The molecular formula is C10H14N6. The van der Waals surface area contributed by atoms with Crippen LogP contribution in [-0.2, 0) is 0 Å². The zero-order valence-electron chi connectivity index (χ0n) is 9.23. The molecule has 0 aliphatic heterocycles. The van der Waals surface area contributed by atoms with Gasteiger partial charge >= 0.3 is 0 Å². The van der Waals surface area contributed by atoms with Gasteiger partial charge in [-0.3, -0.25) is 0 Å². The summed E-state index contributed by atoms with van der Waals surface area (Å²) < 4.78 is 0. The summed E-state index contributed by atoms with van der Waals surface area (Å²) in [5.74, 6) is 0.635. The lowest BCUT2D eigenvalue weighted by Gasteiger charge is -2.14. The first-order valence-electron chi connectivity index (χ1n) is 5.03. The fraction of sp³-hybridized carbons (Fsp3) is 0.300. The molecule has 0 saturated carbocycles. The van der Waals surface area contributed by atoms with Crippen LogP contribution in [0.2, 0.25) is 0 Å². The Morgan fingerprint density at radius 2 is 2.25 bits per heavy atom. The lowest BCUT2D eigenvalue weighted by atomic mass is 10.1. The first-order chi connectivity index (χ1) is 7.66. The molecule has 6 nitrogen and oxygen atoms in total. The zero-order chi connectivity index (χ0) is 11.5. The van der Waals surface area contributed by atoms with Crippen LogP contribution in [0.4, 0.5) is 11.4 Å². The van der Waals surface area contributed by atoms with E-state index in [4.69, 9.17) is 5.73 Å². The number of benzene rings is 1. The lowest BCUT2D eigenvalue weighted by molar-refractivity contribution is 0.792. The molecule has 0 saturated heterocycles. The van der Waals surface area contributed by atoms with Crippen molar-refractivity contribution < 1.29 is 0 Å². The molecule has 1 heterocycles. The van der Waals surface area contributed by atoms with E-state index in [2.05, 4.69) is 25.9 Å². The Morgan fingerprint density at radius 1 is 1.44 bits per heavy atom. The van der Waals surface area contributed by atoms with Crippen LogP contribution in [0.3, 0.4) is 0 Å². The SMILES string of the molecule is Cc1cc(N)ccc1NC(C)c1nn[nH]n1. The second kappa shape index (κ2) is 4.18. The maximum atomic E-state index is 5.69. The van der Waals surface area contributed by atoms with E-state index in [-0.39, 0.29) is 6.04 Å². The number of hydrogen-bond donors (Lipinski definition) is 3. The maximum absolute atomic E-state index is 5.69. The number of H-pyrrole nitrogens is 1. The monoisotopic (exact) mass is 218 g/mol. The summed E-state index contributed by atoms with van der Waals surface area (Å²) in [6, 6.07) is 5.73. The summed E-state index contributed by atoms with van der Waals surface area (Å²) in [5.41, 5.74) is 8.56. The summed E-state index contributed by atoms with van der Waals surface area (Å²) in [5, 5.41) is 17.1. The number of aryl methyl sites for hydroxylation is 1. The minimum Gasteiger partial charge on any atom is -0.399 e. The fourth-order valence-corrected chi connectivity index (χ4v) is 1.50. The number of nitrogens with one attached hydrogen (secondary N) is 2. The first kappa shape index (κ1) is 10.4. The molecule has 16 heavy (non-hydrogen) atoms. The molecule has 0 aliphatic rings. The number of aromatic nitrogens is 4. The molecule has 4 N–H and O–H groups in total. The van der Waals surface area contributed by atoms with Gasteiger partial charge in [-0.05, 0) is 37.6 Å². The van der Waals surface area contributed by atoms with Crippen molar-refractivity contribution in [2.24, 2.45) is 0 Å². The van der Waals surface area contributed by atoms with Gasteiger partial charge in [0, 0.05) is 11.4 Å². The Morgan fingerprint density at radius 3 is 2.88 bits per heavy atom. The van der Waals surface area contributed by atoms with Gasteiger partial charge in [0.2, 0.25) is 0 Å². The van der Waals surface area contributed by atoms with Gasteiger partial charge in [0.1, 0.15) is 0 Å². The molecule has 2 aromatic rings. The lowest BCUT2D eigenvalue weighted by Crippen LogP contribution is -2.09. The molecule has 0 bridgehead atoms. The topological polar surface area (TPSA) is 92.5 Å². The Labute approximate surface area is 93.2 Å². The number of anilines is 2. The second-order valence-electron chi connectivity index (χ2n) is 3.71. The van der Waals surface area contributed by atoms with Crippen molar-refractivity contribution in [3.63, 3.8) is 0 Å². The highest BCUT2D eigenvalue weighted by Gasteiger charge is 2.10. The van der Waals surface area contributed by atoms with Crippen LogP contribution in [0, 0.1) is 6.92 Å². The van der Waals surface area contributed by atoms with Gasteiger partial charge in [-0.15, -0.1) is 10.2 Å². The van der Waals surface area contributed by atoms with Crippen LogP contribution in [0.5, 0.6) is 0 Å². The van der Waals surface area contributed by atoms with Crippen LogP contribution in [0.15, 0.2) is 18.2 Å². The number of nitrogen functional groups attached to an aromatic ring is 1. The molecule has 1 aromatic carbocycles. The Bertz CT molecular complexity index is 464. The molecule has 0 aliphatic carbocycles. The standard InChI is InChI=1S/C10H14N6/c1-6-5-8(11)3-4-9(6)12-7(2)10-13-15-16-14-10/h3-5,7,12H,11H2,1-2H3,(H,13,14,15,16). The van der Waals surface area contributed by atoms with Crippen molar-refractivity contribution in [2.75, 3.05) is 11.1 Å². The van der Waals surface area contributed by atoms with E-state index in [9.17, 15) is 0 Å². The van der Waals surface area contributed by atoms with E-state index < -0.39 is 0 Å². The molecule has 2 rings (SSSR count). The highest BCUT2D eigenvalue weighted by atomic mass is 15.5. The molecule has 0 amide bonds. The van der Waals surface area contributed by atoms with E-state index in [0.29, 0.717) is 5.82 Å². The average molecular weight is 218 g/mol. The smallest absolute Gasteiger partial charge is 0.196 e. The normalized spacial score (nSPS) is 12.4. The molecular weight excluding hydrogens is 204 g/mol. The molecule has 1 unspecified atom stereocenters. The van der Waals surface area contributed by atoms with Gasteiger partial charge in [0.25, 0.3) is 0 Å². The van der Waals surface area contributed by atoms with Crippen molar-refractivity contribution in [1.29, 1.82) is 0 Å². The Hall–Kier alpha value is -2.11. The number of aromatic amines is 1. The van der Waals surface area contributed by atoms with Crippen molar-refractivity contribution in [3.05, 3.63) is 29.6 Å². The number of nitrogens with two attached hydrogens (primary N) is 1. The molecule has 6 heteroatoms. The number of nitrogens with zero attached hydrogens (tertiary/aromatic N) is 3. The molecule has 0 radical (unpaired) electrons. The van der Waals surface area contributed by atoms with E-state index in [1.54, 1.807) is 0 Å². The fourth-order valence-electron chi connectivity index (χ4n) is 1.50. The largest absolute Gasteiger partial charge is 0.399 e. The van der Waals surface area contributed by atoms with Gasteiger partial charge in [-0.25, -0.2) is 0 Å². The van der Waals surface area contributed by atoms with Crippen LogP contribution in [-0.4, -0.2) is 20.6 Å². The third-order valence-corrected chi connectivity index (χ3v) is 2.37. The number of rotatable bonds is 3. The molecule has 0 fully saturated rings. The molecule has 84 valence electrons. The van der Waals surface area contributed by atoms with Crippen LogP contribution in [0.1, 0.15) is 24.4 Å². The van der Waals surface area contributed by atoms with E-state index >= 15 is 0 Å². The molecule has 0 spiro atoms.